The van der Waals surface area contributed by atoms with Gasteiger partial charge in [0, 0.05) is 11.6 Å². The van der Waals surface area contributed by atoms with E-state index in [-0.39, 0.29) is 51.7 Å². The van der Waals surface area contributed by atoms with Crippen LogP contribution < -0.4 is 5.32 Å². The molecule has 0 bridgehead atoms. The maximum atomic E-state index is 14.0. The molecule has 0 aliphatic carbocycles. The Kier molecular flexibility index (Phi) is 5.70. The Morgan fingerprint density at radius 2 is 1.86 bits per heavy atom. The molecule has 1 aliphatic heterocycles. The Hall–Kier alpha value is -2.81. The van der Waals surface area contributed by atoms with Gasteiger partial charge in [-0.2, -0.15) is 13.2 Å². The second-order valence-corrected chi connectivity index (χ2v) is 7.00. The number of aryl methyl sites for hydroxylation is 2. The van der Waals surface area contributed by atoms with Crippen LogP contribution in [0.4, 0.5) is 24.5 Å². The Bertz CT molecular complexity index is 1030. The highest BCUT2D eigenvalue weighted by molar-refractivity contribution is 7.80. The standard InChI is InChI=1S/C20H18F3N3O2S/c1-3-11-9-12(4-2)17(20(21,22)23)19-16(11)18(24-10-15(29)25-19)13-7-5-6-8-14(13)26(27)28/h5-9H,3-4,10H2,1-2H3,(H,25,29). The second kappa shape index (κ2) is 7.90. The number of aliphatic imine (C=N–C) groups is 1. The summed E-state index contributed by atoms with van der Waals surface area (Å²) in [5, 5.41) is 14.3. The van der Waals surface area contributed by atoms with Gasteiger partial charge >= 0.3 is 6.18 Å². The maximum Gasteiger partial charge on any atom is 0.418 e. The number of hydrogen-bond acceptors (Lipinski definition) is 4. The molecule has 152 valence electrons. The SMILES string of the molecule is CCc1cc(CC)c(C(F)(F)F)c2c1C(c1ccccc1[N+](=O)[O-])=NCC(=S)N2. The van der Waals surface area contributed by atoms with Gasteiger partial charge in [0.15, 0.2) is 0 Å². The van der Waals surface area contributed by atoms with Crippen LogP contribution >= 0.6 is 12.2 Å². The predicted molar refractivity (Wildman–Crippen MR) is 110 cm³/mol. The third-order valence-corrected chi connectivity index (χ3v) is 5.00. The molecule has 0 aromatic heterocycles. The third-order valence-electron chi connectivity index (χ3n) is 4.77. The summed E-state index contributed by atoms with van der Waals surface area (Å²) in [7, 11) is 0. The molecule has 0 spiro atoms. The molecule has 29 heavy (non-hydrogen) atoms. The summed E-state index contributed by atoms with van der Waals surface area (Å²) < 4.78 is 42.1. The largest absolute Gasteiger partial charge is 0.418 e. The lowest BCUT2D eigenvalue weighted by Gasteiger charge is -2.23. The highest BCUT2D eigenvalue weighted by atomic mass is 32.1. The number of para-hydroxylation sites is 1. The molecule has 1 heterocycles. The molecule has 9 heteroatoms. The van der Waals surface area contributed by atoms with Gasteiger partial charge in [0.2, 0.25) is 0 Å². The Morgan fingerprint density at radius 3 is 2.45 bits per heavy atom. The van der Waals surface area contributed by atoms with Crippen LogP contribution in [0.2, 0.25) is 0 Å². The summed E-state index contributed by atoms with van der Waals surface area (Å²) in [6.45, 7) is 3.42. The van der Waals surface area contributed by atoms with Crippen molar-refractivity contribution in [3.8, 4) is 0 Å². The van der Waals surface area contributed by atoms with Gasteiger partial charge in [0.1, 0.15) is 4.99 Å². The van der Waals surface area contributed by atoms with E-state index in [9.17, 15) is 23.3 Å². The van der Waals surface area contributed by atoms with Crippen molar-refractivity contribution >= 4 is 34.3 Å². The molecule has 2 aromatic carbocycles. The van der Waals surface area contributed by atoms with Crippen LogP contribution in [0.1, 0.15) is 41.7 Å². The topological polar surface area (TPSA) is 67.5 Å². The van der Waals surface area contributed by atoms with Crippen LogP contribution in [0.5, 0.6) is 0 Å². The average molecular weight is 421 g/mol. The lowest BCUT2D eigenvalue weighted by molar-refractivity contribution is -0.385. The second-order valence-electron chi connectivity index (χ2n) is 6.51. The van der Waals surface area contributed by atoms with E-state index in [1.165, 1.54) is 24.3 Å². The van der Waals surface area contributed by atoms with Crippen molar-refractivity contribution in [2.24, 2.45) is 4.99 Å². The Labute approximate surface area is 170 Å². The van der Waals surface area contributed by atoms with Gasteiger partial charge in [-0.05, 0) is 30.0 Å². The first-order valence-electron chi connectivity index (χ1n) is 9.03. The number of nitrogens with one attached hydrogen (secondary N) is 1. The van der Waals surface area contributed by atoms with Gasteiger partial charge in [-0.1, -0.05) is 44.3 Å². The summed E-state index contributed by atoms with van der Waals surface area (Å²) in [6.07, 6.45) is -4.01. The van der Waals surface area contributed by atoms with Gasteiger partial charge in [-0.25, -0.2) is 0 Å². The highest BCUT2D eigenvalue weighted by Crippen LogP contribution is 2.43. The van der Waals surface area contributed by atoms with Crippen molar-refractivity contribution in [3.05, 3.63) is 68.3 Å². The zero-order chi connectivity index (χ0) is 21.3. The number of nitro benzene ring substituents is 1. The predicted octanol–water partition coefficient (Wildman–Crippen LogP) is 5.33. The van der Waals surface area contributed by atoms with E-state index >= 15 is 0 Å². The zero-order valence-electron chi connectivity index (χ0n) is 15.8. The monoisotopic (exact) mass is 421 g/mol. The molecular formula is C20H18F3N3O2S. The number of nitro groups is 1. The zero-order valence-corrected chi connectivity index (χ0v) is 16.6. The van der Waals surface area contributed by atoms with Crippen LogP contribution in [0.25, 0.3) is 0 Å². The van der Waals surface area contributed by atoms with Gasteiger partial charge in [-0.15, -0.1) is 0 Å². The first-order valence-corrected chi connectivity index (χ1v) is 9.44. The Balaban J connectivity index is 2.44. The molecule has 0 radical (unpaired) electrons. The highest BCUT2D eigenvalue weighted by Gasteiger charge is 2.40. The maximum absolute atomic E-state index is 14.0. The van der Waals surface area contributed by atoms with Crippen molar-refractivity contribution in [3.63, 3.8) is 0 Å². The van der Waals surface area contributed by atoms with E-state index in [0.717, 1.165) is 0 Å². The first-order chi connectivity index (χ1) is 13.7. The minimum atomic E-state index is -4.62. The molecule has 3 rings (SSSR count). The molecule has 0 fully saturated rings. The van der Waals surface area contributed by atoms with Crippen LogP contribution in [0.15, 0.2) is 35.3 Å². The van der Waals surface area contributed by atoms with Crippen LogP contribution in [-0.2, 0) is 19.0 Å². The summed E-state index contributed by atoms with van der Waals surface area (Å²) in [5.41, 5.74) is 0.0929. The van der Waals surface area contributed by atoms with E-state index in [2.05, 4.69) is 10.3 Å². The number of halogens is 3. The minimum absolute atomic E-state index is 0.0622. The number of anilines is 1. The van der Waals surface area contributed by atoms with Crippen molar-refractivity contribution in [2.45, 2.75) is 32.9 Å². The smallest absolute Gasteiger partial charge is 0.347 e. The average Bonchev–Trinajstić information content (AvgIpc) is 2.84. The van der Waals surface area contributed by atoms with Crippen molar-refractivity contribution < 1.29 is 18.1 Å². The number of rotatable bonds is 4. The molecular weight excluding hydrogens is 403 g/mol. The molecule has 5 nitrogen and oxygen atoms in total. The molecule has 0 atom stereocenters. The molecule has 1 N–H and O–H groups in total. The number of benzodiazepines with no additional fused rings is 1. The Morgan fingerprint density at radius 1 is 1.21 bits per heavy atom. The number of thiocarbonyl (C=S) groups is 1. The van der Waals surface area contributed by atoms with Gasteiger partial charge in [0.05, 0.1) is 34.0 Å². The van der Waals surface area contributed by atoms with Crippen molar-refractivity contribution in [2.75, 3.05) is 11.9 Å². The normalized spacial score (nSPS) is 14.0. The van der Waals surface area contributed by atoms with Gasteiger partial charge < -0.3 is 5.32 Å². The van der Waals surface area contributed by atoms with Gasteiger partial charge in [0.25, 0.3) is 5.69 Å². The number of benzene rings is 2. The number of hydrogen-bond donors (Lipinski definition) is 1. The number of fused-ring (bicyclic) bond motifs is 1. The fourth-order valence-corrected chi connectivity index (χ4v) is 3.71. The summed E-state index contributed by atoms with van der Waals surface area (Å²) in [6, 6.07) is 7.42. The lowest BCUT2D eigenvalue weighted by Crippen LogP contribution is -2.20. The molecule has 0 saturated carbocycles. The molecule has 1 aliphatic rings. The molecule has 0 unspecified atom stereocenters. The van der Waals surface area contributed by atoms with E-state index in [1.807, 2.05) is 6.92 Å². The van der Waals surface area contributed by atoms with E-state index < -0.39 is 16.7 Å². The first kappa shape index (κ1) is 20.9. The van der Waals surface area contributed by atoms with Crippen molar-refractivity contribution in [1.29, 1.82) is 0 Å². The number of nitrogens with zero attached hydrogens (tertiary/aromatic N) is 2. The summed E-state index contributed by atoms with van der Waals surface area (Å²) in [4.78, 5) is 15.5. The molecule has 2 aromatic rings. The summed E-state index contributed by atoms with van der Waals surface area (Å²) in [5.74, 6) is 0. The molecule has 0 amide bonds. The van der Waals surface area contributed by atoms with Gasteiger partial charge in [-0.3, -0.25) is 15.1 Å². The van der Waals surface area contributed by atoms with Crippen LogP contribution in [0, 0.1) is 10.1 Å². The van der Waals surface area contributed by atoms with Crippen LogP contribution in [-0.4, -0.2) is 22.2 Å². The molecule has 0 saturated heterocycles. The fraction of sp³-hybridized carbons (Fsp3) is 0.300. The third kappa shape index (κ3) is 3.87. The van der Waals surface area contributed by atoms with E-state index in [1.54, 1.807) is 13.0 Å². The van der Waals surface area contributed by atoms with Crippen molar-refractivity contribution in [1.82, 2.24) is 0 Å². The minimum Gasteiger partial charge on any atom is -0.347 e. The van der Waals surface area contributed by atoms with E-state index in [4.69, 9.17) is 12.2 Å². The number of alkyl halides is 3. The van der Waals surface area contributed by atoms with E-state index in [0.29, 0.717) is 12.0 Å². The fourth-order valence-electron chi connectivity index (χ4n) is 3.54. The summed E-state index contributed by atoms with van der Waals surface area (Å²) >= 11 is 5.18. The quantitative estimate of drug-likeness (QED) is 0.412. The lowest BCUT2D eigenvalue weighted by atomic mass is 9.87. The van der Waals surface area contributed by atoms with Crippen LogP contribution in [0.3, 0.4) is 0 Å².